The van der Waals surface area contributed by atoms with E-state index in [-0.39, 0.29) is 6.54 Å². The Labute approximate surface area is 89.9 Å². The number of nitrogens with one attached hydrogen (secondary N) is 3. The summed E-state index contributed by atoms with van der Waals surface area (Å²) in [7, 11) is 0. The molecule has 1 aromatic heterocycles. The minimum Gasteiger partial charge on any atom is -0.480 e. The highest BCUT2D eigenvalue weighted by molar-refractivity contribution is 5.82. The van der Waals surface area contributed by atoms with E-state index in [0.717, 1.165) is 0 Å². The van der Waals surface area contributed by atoms with Crippen LogP contribution < -0.4 is 10.6 Å². The van der Waals surface area contributed by atoms with E-state index in [1.807, 2.05) is 0 Å². The van der Waals surface area contributed by atoms with E-state index < -0.39 is 24.6 Å². The standard InChI is InChI=1S/C7H11N5O4/c13-2-4(6(14)15)11-7(16)8-1-5-9-3-10-12-5/h3-4,13H,1-2H2,(H,14,15)(H2,8,11,16)(H,9,10,12)/t4-/m0/s1. The van der Waals surface area contributed by atoms with Gasteiger partial charge in [0.15, 0.2) is 6.04 Å². The molecule has 1 rings (SSSR count). The van der Waals surface area contributed by atoms with Gasteiger partial charge in [-0.05, 0) is 0 Å². The maximum absolute atomic E-state index is 11.2. The van der Waals surface area contributed by atoms with Crippen LogP contribution in [-0.2, 0) is 11.3 Å². The molecule has 0 aliphatic carbocycles. The van der Waals surface area contributed by atoms with Gasteiger partial charge in [-0.2, -0.15) is 5.10 Å². The Kier molecular flexibility index (Phi) is 4.21. The zero-order chi connectivity index (χ0) is 12.0. The van der Waals surface area contributed by atoms with Gasteiger partial charge in [0, 0.05) is 0 Å². The van der Waals surface area contributed by atoms with E-state index in [4.69, 9.17) is 10.2 Å². The number of carboxylic acids is 1. The summed E-state index contributed by atoms with van der Waals surface area (Å²) in [6.45, 7) is -0.589. The third kappa shape index (κ3) is 3.53. The van der Waals surface area contributed by atoms with Gasteiger partial charge < -0.3 is 20.8 Å². The first kappa shape index (κ1) is 11.9. The summed E-state index contributed by atoms with van der Waals surface area (Å²) in [5.74, 6) is -0.872. The Morgan fingerprint density at radius 1 is 1.56 bits per heavy atom. The molecule has 88 valence electrons. The first-order chi connectivity index (χ1) is 7.63. The third-order valence-electron chi connectivity index (χ3n) is 1.67. The van der Waals surface area contributed by atoms with Crippen molar-refractivity contribution in [2.75, 3.05) is 6.61 Å². The van der Waals surface area contributed by atoms with Crippen LogP contribution in [0.4, 0.5) is 4.79 Å². The second-order valence-electron chi connectivity index (χ2n) is 2.83. The first-order valence-electron chi connectivity index (χ1n) is 4.35. The number of rotatable bonds is 5. The van der Waals surface area contributed by atoms with Crippen LogP contribution in [-0.4, -0.2) is 50.0 Å². The topological polar surface area (TPSA) is 140 Å². The molecule has 0 fully saturated rings. The van der Waals surface area contributed by atoms with Crippen molar-refractivity contribution in [2.24, 2.45) is 0 Å². The average molecular weight is 229 g/mol. The first-order valence-corrected chi connectivity index (χ1v) is 4.35. The van der Waals surface area contributed by atoms with E-state index in [0.29, 0.717) is 5.82 Å². The molecule has 0 spiro atoms. The summed E-state index contributed by atoms with van der Waals surface area (Å²) < 4.78 is 0. The number of aliphatic hydroxyl groups excluding tert-OH is 1. The molecule has 9 nitrogen and oxygen atoms in total. The Balaban J connectivity index is 2.33. The van der Waals surface area contributed by atoms with Gasteiger partial charge in [0.2, 0.25) is 0 Å². The van der Waals surface area contributed by atoms with Gasteiger partial charge >= 0.3 is 12.0 Å². The van der Waals surface area contributed by atoms with Gasteiger partial charge in [0.05, 0.1) is 13.2 Å². The van der Waals surface area contributed by atoms with Gasteiger partial charge in [-0.3, -0.25) is 5.10 Å². The van der Waals surface area contributed by atoms with E-state index >= 15 is 0 Å². The largest absolute Gasteiger partial charge is 0.480 e. The minimum atomic E-state index is -1.32. The monoisotopic (exact) mass is 229 g/mol. The number of carbonyl (C=O) groups excluding carboxylic acids is 1. The molecule has 0 radical (unpaired) electrons. The Hall–Kier alpha value is -2.16. The molecule has 0 aliphatic rings. The summed E-state index contributed by atoms with van der Waals surface area (Å²) >= 11 is 0. The average Bonchev–Trinajstić information content (AvgIpc) is 2.75. The van der Waals surface area contributed by atoms with Crippen molar-refractivity contribution in [3.05, 3.63) is 12.2 Å². The lowest BCUT2D eigenvalue weighted by atomic mass is 10.3. The zero-order valence-corrected chi connectivity index (χ0v) is 8.17. The zero-order valence-electron chi connectivity index (χ0n) is 8.17. The quantitative estimate of drug-likeness (QED) is 0.397. The second kappa shape index (κ2) is 5.66. The number of hydrogen-bond acceptors (Lipinski definition) is 5. The van der Waals surface area contributed by atoms with E-state index in [9.17, 15) is 9.59 Å². The highest BCUT2D eigenvalue weighted by Crippen LogP contribution is 1.85. The summed E-state index contributed by atoms with van der Waals surface area (Å²) in [4.78, 5) is 25.4. The summed E-state index contributed by atoms with van der Waals surface area (Å²) in [6.07, 6.45) is 1.28. The summed E-state index contributed by atoms with van der Waals surface area (Å²) in [5, 5.41) is 27.7. The van der Waals surface area contributed by atoms with Gasteiger partial charge in [-0.25, -0.2) is 14.6 Å². The van der Waals surface area contributed by atoms with Crippen LogP contribution in [0.15, 0.2) is 6.33 Å². The van der Waals surface area contributed by atoms with Crippen molar-refractivity contribution in [3.63, 3.8) is 0 Å². The normalized spacial score (nSPS) is 11.8. The SMILES string of the molecule is O=C(NCc1ncn[nH]1)N[C@@H](CO)C(=O)O. The molecule has 16 heavy (non-hydrogen) atoms. The lowest BCUT2D eigenvalue weighted by Crippen LogP contribution is -2.47. The Bertz CT molecular complexity index is 352. The van der Waals surface area contributed by atoms with Gasteiger partial charge in [0.1, 0.15) is 12.2 Å². The fourth-order valence-electron chi connectivity index (χ4n) is 0.875. The van der Waals surface area contributed by atoms with Crippen LogP contribution in [0.25, 0.3) is 0 Å². The number of urea groups is 1. The number of carboxylic acid groups (broad SMARTS) is 1. The maximum Gasteiger partial charge on any atom is 0.328 e. The number of carbonyl (C=O) groups is 2. The Morgan fingerprint density at radius 2 is 2.31 bits per heavy atom. The fourth-order valence-corrected chi connectivity index (χ4v) is 0.875. The molecule has 1 aromatic rings. The highest BCUT2D eigenvalue weighted by atomic mass is 16.4. The molecule has 0 saturated carbocycles. The lowest BCUT2D eigenvalue weighted by molar-refractivity contribution is -0.140. The van der Waals surface area contributed by atoms with Gasteiger partial charge in [-0.15, -0.1) is 0 Å². The molecule has 0 aliphatic heterocycles. The van der Waals surface area contributed by atoms with Crippen LogP contribution in [0, 0.1) is 0 Å². The maximum atomic E-state index is 11.2. The van der Waals surface area contributed by atoms with Crippen molar-refractivity contribution >= 4 is 12.0 Å². The smallest absolute Gasteiger partial charge is 0.328 e. The molecule has 1 atom stereocenters. The number of amides is 2. The fraction of sp³-hybridized carbons (Fsp3) is 0.429. The lowest BCUT2D eigenvalue weighted by Gasteiger charge is -2.11. The van der Waals surface area contributed by atoms with Crippen molar-refractivity contribution in [1.82, 2.24) is 25.8 Å². The van der Waals surface area contributed by atoms with Crippen molar-refractivity contribution in [1.29, 1.82) is 0 Å². The number of aliphatic hydroxyl groups is 1. The van der Waals surface area contributed by atoms with Crippen LogP contribution in [0.1, 0.15) is 5.82 Å². The van der Waals surface area contributed by atoms with E-state index in [1.165, 1.54) is 6.33 Å². The predicted octanol–water partition coefficient (Wildman–Crippen LogP) is -1.95. The summed E-state index contributed by atoms with van der Waals surface area (Å²) in [5.41, 5.74) is 0. The van der Waals surface area contributed by atoms with Crippen LogP contribution in [0.2, 0.25) is 0 Å². The van der Waals surface area contributed by atoms with E-state index in [2.05, 4.69) is 25.8 Å². The molecule has 0 saturated heterocycles. The predicted molar refractivity (Wildman–Crippen MR) is 50.3 cm³/mol. The molecule has 0 aromatic carbocycles. The molecule has 0 bridgehead atoms. The highest BCUT2D eigenvalue weighted by Gasteiger charge is 2.18. The van der Waals surface area contributed by atoms with Crippen LogP contribution in [0.3, 0.4) is 0 Å². The van der Waals surface area contributed by atoms with E-state index in [1.54, 1.807) is 0 Å². The van der Waals surface area contributed by atoms with Crippen molar-refractivity contribution in [3.8, 4) is 0 Å². The number of hydrogen-bond donors (Lipinski definition) is 5. The second-order valence-corrected chi connectivity index (χ2v) is 2.83. The minimum absolute atomic E-state index is 0.0869. The molecule has 2 amide bonds. The summed E-state index contributed by atoms with van der Waals surface area (Å²) in [6, 6.07) is -2.03. The number of aromatic nitrogens is 3. The molecular formula is C7H11N5O4. The number of aromatic amines is 1. The third-order valence-corrected chi connectivity index (χ3v) is 1.67. The van der Waals surface area contributed by atoms with Crippen LogP contribution >= 0.6 is 0 Å². The molecule has 0 unspecified atom stereocenters. The molecular weight excluding hydrogens is 218 g/mol. The van der Waals surface area contributed by atoms with Gasteiger partial charge in [0.25, 0.3) is 0 Å². The number of H-pyrrole nitrogens is 1. The molecule has 1 heterocycles. The molecule has 5 N–H and O–H groups in total. The van der Waals surface area contributed by atoms with Gasteiger partial charge in [-0.1, -0.05) is 0 Å². The number of aliphatic carboxylic acids is 1. The van der Waals surface area contributed by atoms with Crippen molar-refractivity contribution in [2.45, 2.75) is 12.6 Å². The van der Waals surface area contributed by atoms with Crippen LogP contribution in [0.5, 0.6) is 0 Å². The number of nitrogens with zero attached hydrogens (tertiary/aromatic N) is 2. The Morgan fingerprint density at radius 3 is 2.81 bits per heavy atom. The van der Waals surface area contributed by atoms with Crippen molar-refractivity contribution < 1.29 is 19.8 Å². The molecule has 9 heteroatoms.